The number of rotatable bonds is 3. The van der Waals surface area contributed by atoms with Gasteiger partial charge >= 0.3 is 35.5 Å². The van der Waals surface area contributed by atoms with E-state index in [2.05, 4.69) is 5.32 Å². The Labute approximate surface area is 162 Å². The summed E-state index contributed by atoms with van der Waals surface area (Å²) in [6.45, 7) is 5.26. The van der Waals surface area contributed by atoms with E-state index in [9.17, 15) is 14.0 Å². The summed E-state index contributed by atoms with van der Waals surface area (Å²) < 4.78 is 16.2. The van der Waals surface area contributed by atoms with E-state index in [1.165, 1.54) is 6.20 Å². The summed E-state index contributed by atoms with van der Waals surface area (Å²) >= 11 is 0. The van der Waals surface area contributed by atoms with Crippen molar-refractivity contribution in [3.63, 3.8) is 0 Å². The molecule has 1 aromatic heterocycles. The van der Waals surface area contributed by atoms with E-state index >= 15 is 0 Å². The number of carboxylic acid groups (broad SMARTS) is 1. The number of anilines is 1. The molecule has 2 N–H and O–H groups in total. The minimum atomic E-state index is -1.30. The van der Waals surface area contributed by atoms with E-state index in [0.717, 1.165) is 19.2 Å². The van der Waals surface area contributed by atoms with Gasteiger partial charge < -0.3 is 21.3 Å². The summed E-state index contributed by atoms with van der Waals surface area (Å²) in [6.07, 6.45) is 1.33. The van der Waals surface area contributed by atoms with Crippen LogP contribution >= 0.6 is 0 Å². The number of nitrogens with one attached hydrogen (secondary N) is 1. The molecule has 0 amide bonds. The Balaban J connectivity index is 0.00000156. The Morgan fingerprint density at radius 2 is 2.04 bits per heavy atom. The molecular weight excluding hydrogens is 324 g/mol. The molecule has 1 aliphatic rings. The maximum atomic E-state index is 14.5. The molecule has 0 radical (unpaired) electrons. The first-order valence-corrected chi connectivity index (χ1v) is 7.58. The predicted octanol–water partition coefficient (Wildman–Crippen LogP) is -1.62. The molecule has 124 valence electrons. The minimum absolute atomic E-state index is 0. The van der Waals surface area contributed by atoms with Crippen molar-refractivity contribution < 1.29 is 45.3 Å². The van der Waals surface area contributed by atoms with E-state index in [0.29, 0.717) is 30.8 Å². The van der Waals surface area contributed by atoms with Crippen LogP contribution in [0.2, 0.25) is 0 Å². The molecule has 2 aromatic rings. The van der Waals surface area contributed by atoms with Crippen molar-refractivity contribution in [1.82, 2.24) is 9.88 Å². The second kappa shape index (κ2) is 7.65. The van der Waals surface area contributed by atoms with Crippen LogP contribution in [0, 0.1) is 5.82 Å². The Morgan fingerprint density at radius 3 is 2.62 bits per heavy atom. The van der Waals surface area contributed by atoms with Crippen LogP contribution in [0.15, 0.2) is 23.1 Å². The third-order valence-corrected chi connectivity index (χ3v) is 4.18. The first kappa shape index (κ1) is 18.9. The topological polar surface area (TPSA) is 74.6 Å². The first-order chi connectivity index (χ1) is 11.0. The Morgan fingerprint density at radius 1 is 1.38 bits per heavy atom. The molecule has 1 aliphatic heterocycles. The van der Waals surface area contributed by atoms with E-state index in [1.807, 2.05) is 11.8 Å². The van der Waals surface area contributed by atoms with Gasteiger partial charge in [-0.1, -0.05) is 0 Å². The van der Waals surface area contributed by atoms with Crippen LogP contribution in [-0.2, 0) is 6.54 Å². The minimum Gasteiger partial charge on any atom is -1.00 e. The number of benzene rings is 1. The molecule has 1 saturated heterocycles. The number of fused-ring (bicyclic) bond motifs is 1. The molecule has 3 rings (SSSR count). The summed E-state index contributed by atoms with van der Waals surface area (Å²) in [7, 11) is 0. The van der Waals surface area contributed by atoms with Crippen LogP contribution in [-0.4, -0.2) is 41.8 Å². The number of carboxylic acids is 1. The van der Waals surface area contributed by atoms with Crippen LogP contribution in [0.3, 0.4) is 0 Å². The zero-order valence-corrected chi connectivity index (χ0v) is 15.8. The third-order valence-electron chi connectivity index (χ3n) is 4.18. The van der Waals surface area contributed by atoms with Crippen molar-refractivity contribution in [3.8, 4) is 0 Å². The molecule has 0 aliphatic carbocycles. The van der Waals surface area contributed by atoms with Crippen LogP contribution in [0.5, 0.6) is 0 Å². The van der Waals surface area contributed by atoms with Crippen LogP contribution < -0.4 is 45.2 Å². The third kappa shape index (κ3) is 3.35. The zero-order chi connectivity index (χ0) is 16.6. The number of halogens is 1. The van der Waals surface area contributed by atoms with Gasteiger partial charge in [-0.3, -0.25) is 4.79 Å². The largest absolute Gasteiger partial charge is 1.00 e. The molecule has 2 heterocycles. The average molecular weight is 343 g/mol. The van der Waals surface area contributed by atoms with Gasteiger partial charge in [0.05, 0.1) is 11.2 Å². The molecule has 0 atom stereocenters. The van der Waals surface area contributed by atoms with Gasteiger partial charge in [0.1, 0.15) is 11.4 Å². The van der Waals surface area contributed by atoms with Gasteiger partial charge in [-0.05, 0) is 19.1 Å². The van der Waals surface area contributed by atoms with Crippen LogP contribution in [0.25, 0.3) is 10.9 Å². The van der Waals surface area contributed by atoms with Gasteiger partial charge in [-0.15, -0.1) is 0 Å². The number of aromatic nitrogens is 1. The second-order valence-corrected chi connectivity index (χ2v) is 5.52. The maximum absolute atomic E-state index is 14.5. The number of hydrogen-bond donors (Lipinski definition) is 2. The summed E-state index contributed by atoms with van der Waals surface area (Å²) in [5, 5.41) is 12.5. The normalized spacial score (nSPS) is 14.5. The van der Waals surface area contributed by atoms with Gasteiger partial charge in [0.15, 0.2) is 0 Å². The molecule has 24 heavy (non-hydrogen) atoms. The number of carbonyl (C=O) groups is 1. The summed E-state index contributed by atoms with van der Waals surface area (Å²) in [5.74, 6) is -1.80. The van der Waals surface area contributed by atoms with Crippen molar-refractivity contribution >= 4 is 22.6 Å². The first-order valence-electron chi connectivity index (χ1n) is 7.58. The van der Waals surface area contributed by atoms with Gasteiger partial charge in [0, 0.05) is 44.3 Å². The zero-order valence-electron chi connectivity index (χ0n) is 14.8. The predicted molar refractivity (Wildman–Crippen MR) is 87.0 cm³/mol. The quantitative estimate of drug-likeness (QED) is 0.656. The Kier molecular flexibility index (Phi) is 6.03. The van der Waals surface area contributed by atoms with Gasteiger partial charge in [0.2, 0.25) is 5.43 Å². The molecule has 8 heteroatoms. The molecule has 0 bridgehead atoms. The maximum Gasteiger partial charge on any atom is 1.00 e. The monoisotopic (exact) mass is 343 g/mol. The average Bonchev–Trinajstić information content (AvgIpc) is 2.55. The number of piperazine rings is 1. The number of aryl methyl sites for hydroxylation is 1. The number of aromatic carboxylic acids is 1. The molecule has 0 saturated carbocycles. The Bertz CT molecular complexity index is 837. The van der Waals surface area contributed by atoms with Crippen LogP contribution in [0.4, 0.5) is 10.1 Å². The van der Waals surface area contributed by atoms with Gasteiger partial charge in [-0.25, -0.2) is 9.18 Å². The van der Waals surface area contributed by atoms with E-state index < -0.39 is 17.2 Å². The number of pyridine rings is 1. The molecule has 1 fully saturated rings. The van der Waals surface area contributed by atoms with Crippen molar-refractivity contribution in [2.45, 2.75) is 13.5 Å². The molecule has 6 nitrogen and oxygen atoms in total. The van der Waals surface area contributed by atoms with Crippen LogP contribution in [0.1, 0.15) is 18.7 Å². The fourth-order valence-electron chi connectivity index (χ4n) is 2.96. The second-order valence-electron chi connectivity index (χ2n) is 5.52. The molecular formula is C16H19FN3NaO3. The van der Waals surface area contributed by atoms with Crippen molar-refractivity contribution in [3.05, 3.63) is 39.9 Å². The van der Waals surface area contributed by atoms with Crippen molar-refractivity contribution in [2.24, 2.45) is 0 Å². The van der Waals surface area contributed by atoms with Gasteiger partial charge in [-0.2, -0.15) is 0 Å². The van der Waals surface area contributed by atoms with Crippen molar-refractivity contribution in [1.29, 1.82) is 0 Å². The summed E-state index contributed by atoms with van der Waals surface area (Å²) in [5.41, 5.74) is 0.0118. The fraction of sp³-hybridized carbons (Fsp3) is 0.375. The van der Waals surface area contributed by atoms with E-state index in [-0.39, 0.29) is 41.9 Å². The van der Waals surface area contributed by atoms with Crippen molar-refractivity contribution in [2.75, 3.05) is 31.1 Å². The molecule has 1 aromatic carbocycles. The number of nitrogens with zero attached hydrogens (tertiary/aromatic N) is 2. The summed E-state index contributed by atoms with van der Waals surface area (Å²) in [4.78, 5) is 25.4. The van der Waals surface area contributed by atoms with Gasteiger partial charge in [0.25, 0.3) is 0 Å². The van der Waals surface area contributed by atoms with E-state index in [1.54, 1.807) is 10.6 Å². The smallest absolute Gasteiger partial charge is 1.00 e. The molecule has 0 spiro atoms. The standard InChI is InChI=1S/C16H18FN3O3.Na.H/c1-2-19-9-11(16(22)23)15(21)10-7-12(17)14(8-13(10)19)20-5-3-18-4-6-20;;/h7-9,18H,2-6H2,1H3,(H,22,23);;/q;+1;-1. The SMILES string of the molecule is CCn1cc(C(=O)O)c(=O)c2cc(F)c(N3CCNCC3)cc21.[H-].[Na+]. The molecule has 0 unspecified atom stereocenters. The van der Waals surface area contributed by atoms with E-state index in [4.69, 9.17) is 5.11 Å². The fourth-order valence-corrected chi connectivity index (χ4v) is 2.96. The Hall–Kier alpha value is -1.41. The number of hydrogen-bond acceptors (Lipinski definition) is 4. The summed E-state index contributed by atoms with van der Waals surface area (Å²) in [6, 6.07) is 2.81.